The van der Waals surface area contributed by atoms with Crippen LogP contribution in [0, 0.1) is 5.41 Å². The first-order valence-electron chi connectivity index (χ1n) is 7.45. The minimum Gasteiger partial charge on any atom is -0.355 e. The van der Waals surface area contributed by atoms with E-state index in [0.717, 1.165) is 6.42 Å². The molecule has 1 heterocycles. The normalized spacial score (nSPS) is 19.5. The third-order valence-electron chi connectivity index (χ3n) is 4.12. The standard InChI is InChI=1S/C16H24N2O3S/c1-16(2,3)14-9-10-18(14)22(20,21)11-12-5-7-13(8-6-12)15(19)17-4/h5-8,14H,9-11H2,1-4H3,(H,17,19). The van der Waals surface area contributed by atoms with Gasteiger partial charge in [0.2, 0.25) is 10.0 Å². The van der Waals surface area contributed by atoms with E-state index in [1.165, 1.54) is 0 Å². The van der Waals surface area contributed by atoms with Crippen LogP contribution in [0.5, 0.6) is 0 Å². The summed E-state index contributed by atoms with van der Waals surface area (Å²) in [6.07, 6.45) is 0.915. The molecule has 0 aromatic heterocycles. The number of hydrogen-bond acceptors (Lipinski definition) is 3. The lowest BCUT2D eigenvalue weighted by Gasteiger charge is -2.47. The molecular weight excluding hydrogens is 300 g/mol. The van der Waals surface area contributed by atoms with Crippen molar-refractivity contribution in [3.63, 3.8) is 0 Å². The van der Waals surface area contributed by atoms with Gasteiger partial charge in [0.05, 0.1) is 5.75 Å². The highest BCUT2D eigenvalue weighted by atomic mass is 32.2. The molecule has 22 heavy (non-hydrogen) atoms. The number of hydrogen-bond donors (Lipinski definition) is 1. The summed E-state index contributed by atoms with van der Waals surface area (Å²) in [4.78, 5) is 11.5. The molecule has 122 valence electrons. The first-order valence-corrected chi connectivity index (χ1v) is 9.06. The molecule has 0 bridgehead atoms. The molecule has 5 nitrogen and oxygen atoms in total. The van der Waals surface area contributed by atoms with E-state index >= 15 is 0 Å². The molecule has 0 saturated carbocycles. The van der Waals surface area contributed by atoms with Crippen molar-refractivity contribution in [2.75, 3.05) is 13.6 Å². The van der Waals surface area contributed by atoms with Gasteiger partial charge < -0.3 is 5.32 Å². The lowest BCUT2D eigenvalue weighted by molar-refractivity contribution is 0.0879. The fraction of sp³-hybridized carbons (Fsp3) is 0.562. The van der Waals surface area contributed by atoms with Crippen LogP contribution in [-0.2, 0) is 15.8 Å². The Balaban J connectivity index is 2.11. The summed E-state index contributed by atoms with van der Waals surface area (Å²) >= 11 is 0. The van der Waals surface area contributed by atoms with Gasteiger partial charge in [0, 0.05) is 25.2 Å². The zero-order valence-electron chi connectivity index (χ0n) is 13.6. The molecule has 1 saturated heterocycles. The van der Waals surface area contributed by atoms with E-state index in [0.29, 0.717) is 17.7 Å². The summed E-state index contributed by atoms with van der Waals surface area (Å²) in [7, 11) is -1.75. The van der Waals surface area contributed by atoms with Gasteiger partial charge in [0.15, 0.2) is 0 Å². The topological polar surface area (TPSA) is 66.5 Å². The van der Waals surface area contributed by atoms with E-state index in [-0.39, 0.29) is 23.1 Å². The Bertz CT molecular complexity index is 645. The van der Waals surface area contributed by atoms with Crippen LogP contribution in [0.15, 0.2) is 24.3 Å². The molecule has 1 unspecified atom stereocenters. The van der Waals surface area contributed by atoms with Gasteiger partial charge in [-0.3, -0.25) is 4.79 Å². The molecule has 0 aliphatic carbocycles. The van der Waals surface area contributed by atoms with Crippen molar-refractivity contribution in [3.05, 3.63) is 35.4 Å². The van der Waals surface area contributed by atoms with E-state index in [9.17, 15) is 13.2 Å². The Kier molecular flexibility index (Phi) is 4.63. The predicted molar refractivity (Wildman–Crippen MR) is 87.0 cm³/mol. The van der Waals surface area contributed by atoms with Crippen LogP contribution in [0.25, 0.3) is 0 Å². The third-order valence-corrected chi connectivity index (χ3v) is 5.97. The van der Waals surface area contributed by atoms with Crippen LogP contribution < -0.4 is 5.32 Å². The van der Waals surface area contributed by atoms with Gasteiger partial charge in [-0.25, -0.2) is 8.42 Å². The molecule has 1 amide bonds. The van der Waals surface area contributed by atoms with Crippen LogP contribution in [0.1, 0.15) is 43.1 Å². The van der Waals surface area contributed by atoms with E-state index in [1.54, 1.807) is 35.6 Å². The van der Waals surface area contributed by atoms with Crippen LogP contribution in [-0.4, -0.2) is 38.3 Å². The molecule has 0 radical (unpaired) electrons. The van der Waals surface area contributed by atoms with E-state index in [2.05, 4.69) is 26.1 Å². The van der Waals surface area contributed by atoms with Crippen LogP contribution in [0.2, 0.25) is 0 Å². The second kappa shape index (κ2) is 6.01. The third kappa shape index (κ3) is 3.50. The second-order valence-corrected chi connectivity index (χ2v) is 8.74. The van der Waals surface area contributed by atoms with E-state index < -0.39 is 10.0 Å². The molecule has 1 aliphatic rings. The highest BCUT2D eigenvalue weighted by molar-refractivity contribution is 7.88. The maximum Gasteiger partial charge on any atom is 0.251 e. The maximum atomic E-state index is 12.6. The summed E-state index contributed by atoms with van der Waals surface area (Å²) in [5.41, 5.74) is 1.18. The highest BCUT2D eigenvalue weighted by Crippen LogP contribution is 2.36. The van der Waals surface area contributed by atoms with Gasteiger partial charge in [-0.05, 0) is 29.5 Å². The highest BCUT2D eigenvalue weighted by Gasteiger charge is 2.43. The second-order valence-electron chi connectivity index (χ2n) is 6.81. The van der Waals surface area contributed by atoms with Crippen molar-refractivity contribution in [2.45, 2.75) is 39.0 Å². The number of nitrogens with one attached hydrogen (secondary N) is 1. The Morgan fingerprint density at radius 1 is 1.27 bits per heavy atom. The molecule has 1 aromatic rings. The van der Waals surface area contributed by atoms with Gasteiger partial charge in [-0.1, -0.05) is 32.9 Å². The van der Waals surface area contributed by atoms with Crippen LogP contribution >= 0.6 is 0 Å². The number of carbonyl (C=O) groups is 1. The van der Waals surface area contributed by atoms with Gasteiger partial charge in [-0.15, -0.1) is 0 Å². The maximum absolute atomic E-state index is 12.6. The SMILES string of the molecule is CNC(=O)c1ccc(CS(=O)(=O)N2CCC2C(C)(C)C)cc1. The summed E-state index contributed by atoms with van der Waals surface area (Å²) in [6.45, 7) is 6.80. The minimum absolute atomic E-state index is 0.0202. The number of sulfonamides is 1. The first kappa shape index (κ1) is 17.0. The molecule has 0 spiro atoms. The first-order chi connectivity index (χ1) is 10.1. The van der Waals surface area contributed by atoms with E-state index in [1.807, 2.05) is 0 Å². The Labute approximate surface area is 132 Å². The average molecular weight is 324 g/mol. The van der Waals surface area contributed by atoms with Crippen molar-refractivity contribution in [2.24, 2.45) is 5.41 Å². The Morgan fingerprint density at radius 2 is 1.86 bits per heavy atom. The monoisotopic (exact) mass is 324 g/mol. The summed E-state index contributed by atoms with van der Waals surface area (Å²) in [5, 5.41) is 2.54. The van der Waals surface area contributed by atoms with Crippen molar-refractivity contribution in [1.82, 2.24) is 9.62 Å². The molecule has 1 fully saturated rings. The zero-order chi connectivity index (χ0) is 16.5. The van der Waals surface area contributed by atoms with Gasteiger partial charge in [0.25, 0.3) is 5.91 Å². The molecule has 1 atom stereocenters. The molecular formula is C16H24N2O3S. The molecule has 6 heteroatoms. The lowest BCUT2D eigenvalue weighted by atomic mass is 9.81. The summed E-state index contributed by atoms with van der Waals surface area (Å²) < 4.78 is 26.7. The Hall–Kier alpha value is -1.40. The smallest absolute Gasteiger partial charge is 0.251 e. The molecule has 1 N–H and O–H groups in total. The van der Waals surface area contributed by atoms with Crippen LogP contribution in [0.4, 0.5) is 0 Å². The Morgan fingerprint density at radius 3 is 2.27 bits per heavy atom. The number of benzene rings is 1. The van der Waals surface area contributed by atoms with Gasteiger partial charge >= 0.3 is 0 Å². The number of rotatable bonds is 4. The molecule has 1 aliphatic heterocycles. The minimum atomic E-state index is -3.31. The molecule has 2 rings (SSSR count). The average Bonchev–Trinajstić information content (AvgIpc) is 2.34. The van der Waals surface area contributed by atoms with Gasteiger partial charge in [-0.2, -0.15) is 4.31 Å². The number of amides is 1. The fourth-order valence-electron chi connectivity index (χ4n) is 2.75. The fourth-order valence-corrected chi connectivity index (χ4v) is 4.72. The number of nitrogens with zero attached hydrogens (tertiary/aromatic N) is 1. The summed E-state index contributed by atoms with van der Waals surface area (Å²) in [6, 6.07) is 6.78. The van der Waals surface area contributed by atoms with Crippen LogP contribution in [0.3, 0.4) is 0 Å². The van der Waals surface area contributed by atoms with Crippen molar-refractivity contribution < 1.29 is 13.2 Å². The predicted octanol–water partition coefficient (Wildman–Crippen LogP) is 2.00. The number of carbonyl (C=O) groups excluding carboxylic acids is 1. The quantitative estimate of drug-likeness (QED) is 0.921. The van der Waals surface area contributed by atoms with Crippen molar-refractivity contribution in [1.29, 1.82) is 0 Å². The molecule has 1 aromatic carbocycles. The largest absolute Gasteiger partial charge is 0.355 e. The van der Waals surface area contributed by atoms with Crippen molar-refractivity contribution >= 4 is 15.9 Å². The van der Waals surface area contributed by atoms with Gasteiger partial charge in [0.1, 0.15) is 0 Å². The van der Waals surface area contributed by atoms with E-state index in [4.69, 9.17) is 0 Å². The lowest BCUT2D eigenvalue weighted by Crippen LogP contribution is -2.57. The zero-order valence-corrected chi connectivity index (χ0v) is 14.4. The summed E-state index contributed by atoms with van der Waals surface area (Å²) in [5.74, 6) is -0.196. The van der Waals surface area contributed by atoms with Crippen molar-refractivity contribution in [3.8, 4) is 0 Å².